The van der Waals surface area contributed by atoms with Crippen LogP contribution in [0, 0.1) is 6.92 Å². The fourth-order valence-corrected chi connectivity index (χ4v) is 5.10. The molecule has 1 N–H and O–H groups in total. The number of carbonyl (C=O) groups is 1. The van der Waals surface area contributed by atoms with Crippen molar-refractivity contribution in [3.63, 3.8) is 0 Å². The van der Waals surface area contributed by atoms with Crippen LogP contribution in [-0.2, 0) is 0 Å². The number of aromatic nitrogens is 3. The third kappa shape index (κ3) is 3.32. The predicted molar refractivity (Wildman–Crippen MR) is 116 cm³/mol. The monoisotopic (exact) mass is 422 g/mol. The van der Waals surface area contributed by atoms with E-state index in [1.54, 1.807) is 0 Å². The molecule has 1 aliphatic heterocycles. The van der Waals surface area contributed by atoms with Crippen LogP contribution in [0.3, 0.4) is 0 Å². The lowest BCUT2D eigenvalue weighted by molar-refractivity contribution is 0.0734. The molecule has 2 aromatic carbocycles. The van der Waals surface area contributed by atoms with Crippen LogP contribution in [0.2, 0.25) is 5.02 Å². The van der Waals surface area contributed by atoms with Gasteiger partial charge in [-0.1, -0.05) is 35.9 Å². The highest BCUT2D eigenvalue weighted by atomic mass is 35.5. The van der Waals surface area contributed by atoms with Gasteiger partial charge in [0.15, 0.2) is 0 Å². The number of benzene rings is 2. The Morgan fingerprint density at radius 3 is 2.90 bits per heavy atom. The van der Waals surface area contributed by atoms with Gasteiger partial charge >= 0.3 is 0 Å². The van der Waals surface area contributed by atoms with Gasteiger partial charge in [0.25, 0.3) is 5.91 Å². The number of imidazole rings is 1. The molecule has 1 atom stereocenters. The summed E-state index contributed by atoms with van der Waals surface area (Å²) in [4.78, 5) is 28.8. The number of H-pyrrole nitrogens is 1. The summed E-state index contributed by atoms with van der Waals surface area (Å²) >= 11 is 7.55. The van der Waals surface area contributed by atoms with Crippen molar-refractivity contribution in [2.24, 2.45) is 0 Å². The topological polar surface area (TPSA) is 61.9 Å². The molecule has 0 radical (unpaired) electrons. The fourth-order valence-electron chi connectivity index (χ4n) is 3.89. The number of aromatic amines is 1. The Morgan fingerprint density at radius 2 is 2.07 bits per heavy atom. The standard InChI is InChI=1S/C22H19ClN4OS/c1-13-19(29-21(24-13)14-6-4-7-15(23)12-14)22(28)27-11-5-10-18(27)20-25-16-8-2-3-9-17(16)26-20/h2-4,6-9,12,18H,5,10-11H2,1H3,(H,25,26)/t18-/m1/s1. The van der Waals surface area contributed by atoms with Crippen LogP contribution in [0.15, 0.2) is 48.5 Å². The first-order valence-corrected chi connectivity index (χ1v) is 10.8. The molecule has 1 aliphatic rings. The lowest BCUT2D eigenvalue weighted by Gasteiger charge is -2.22. The van der Waals surface area contributed by atoms with E-state index < -0.39 is 0 Å². The van der Waals surface area contributed by atoms with Crippen molar-refractivity contribution in [3.8, 4) is 10.6 Å². The second-order valence-corrected chi connectivity index (χ2v) is 8.68. The van der Waals surface area contributed by atoms with E-state index in [2.05, 4.69) is 9.97 Å². The number of fused-ring (bicyclic) bond motifs is 1. The van der Waals surface area contributed by atoms with Crippen LogP contribution in [0.5, 0.6) is 0 Å². The van der Waals surface area contributed by atoms with E-state index in [0.29, 0.717) is 9.90 Å². The molecular formula is C22H19ClN4OS. The summed E-state index contributed by atoms with van der Waals surface area (Å²) < 4.78 is 0. The number of carbonyl (C=O) groups excluding carboxylic acids is 1. The number of aryl methyl sites for hydroxylation is 1. The van der Waals surface area contributed by atoms with Crippen molar-refractivity contribution < 1.29 is 4.79 Å². The SMILES string of the molecule is Cc1nc(-c2cccc(Cl)c2)sc1C(=O)N1CCC[C@@H]1c1nc2ccccc2[nH]1. The Morgan fingerprint density at radius 1 is 1.21 bits per heavy atom. The molecule has 5 rings (SSSR count). The average Bonchev–Trinajstić information content (AvgIpc) is 3.44. The average molecular weight is 423 g/mol. The molecule has 2 aromatic heterocycles. The van der Waals surface area contributed by atoms with Gasteiger partial charge in [0, 0.05) is 17.1 Å². The number of para-hydroxylation sites is 2. The number of nitrogens with zero attached hydrogens (tertiary/aromatic N) is 3. The normalized spacial score (nSPS) is 16.6. The van der Waals surface area contributed by atoms with E-state index in [0.717, 1.165) is 52.5 Å². The molecule has 5 nitrogen and oxygen atoms in total. The van der Waals surface area contributed by atoms with Crippen LogP contribution in [0.1, 0.15) is 40.1 Å². The number of amides is 1. The fraction of sp³-hybridized carbons (Fsp3) is 0.227. The summed E-state index contributed by atoms with van der Waals surface area (Å²) in [6.07, 6.45) is 1.87. The zero-order chi connectivity index (χ0) is 20.0. The number of nitrogens with one attached hydrogen (secondary N) is 1. The number of hydrogen-bond acceptors (Lipinski definition) is 4. The summed E-state index contributed by atoms with van der Waals surface area (Å²) in [6, 6.07) is 15.5. The van der Waals surface area contributed by atoms with Gasteiger partial charge in [-0.05, 0) is 44.0 Å². The molecular weight excluding hydrogens is 404 g/mol. The minimum atomic E-state index is -0.0361. The molecule has 1 amide bonds. The number of likely N-dealkylation sites (tertiary alicyclic amines) is 1. The molecule has 0 unspecified atom stereocenters. The Hall–Kier alpha value is -2.70. The van der Waals surface area contributed by atoms with Gasteiger partial charge in [-0.25, -0.2) is 9.97 Å². The van der Waals surface area contributed by atoms with E-state index in [9.17, 15) is 4.79 Å². The Kier molecular flexibility index (Phi) is 4.60. The Labute approximate surface area is 177 Å². The van der Waals surface area contributed by atoms with E-state index in [4.69, 9.17) is 16.6 Å². The largest absolute Gasteiger partial charge is 0.340 e. The summed E-state index contributed by atoms with van der Waals surface area (Å²) in [7, 11) is 0. The predicted octanol–water partition coefficient (Wildman–Crippen LogP) is 5.63. The van der Waals surface area contributed by atoms with Crippen LogP contribution < -0.4 is 0 Å². The van der Waals surface area contributed by atoms with Crippen molar-refractivity contribution in [3.05, 3.63) is 69.9 Å². The zero-order valence-corrected chi connectivity index (χ0v) is 17.4. The Bertz CT molecular complexity index is 1180. The lowest BCUT2D eigenvalue weighted by atomic mass is 10.2. The summed E-state index contributed by atoms with van der Waals surface area (Å²) in [6.45, 7) is 2.62. The van der Waals surface area contributed by atoms with Crippen molar-refractivity contribution in [2.45, 2.75) is 25.8 Å². The zero-order valence-electron chi connectivity index (χ0n) is 15.9. The smallest absolute Gasteiger partial charge is 0.266 e. The molecule has 0 bridgehead atoms. The molecule has 4 aromatic rings. The minimum Gasteiger partial charge on any atom is -0.340 e. The highest BCUT2D eigenvalue weighted by Crippen LogP contribution is 2.36. The first-order chi connectivity index (χ1) is 14.1. The highest BCUT2D eigenvalue weighted by molar-refractivity contribution is 7.17. The van der Waals surface area contributed by atoms with E-state index in [-0.39, 0.29) is 11.9 Å². The molecule has 146 valence electrons. The number of hydrogen-bond donors (Lipinski definition) is 1. The molecule has 0 aliphatic carbocycles. The van der Waals surface area contributed by atoms with Gasteiger partial charge in [-0.2, -0.15) is 0 Å². The summed E-state index contributed by atoms with van der Waals surface area (Å²) in [5.74, 6) is 0.880. The van der Waals surface area contributed by atoms with Crippen molar-refractivity contribution in [2.75, 3.05) is 6.54 Å². The summed E-state index contributed by atoms with van der Waals surface area (Å²) in [5, 5.41) is 1.47. The number of thiazole rings is 1. The second-order valence-electron chi connectivity index (χ2n) is 7.24. The van der Waals surface area contributed by atoms with Crippen molar-refractivity contribution in [1.29, 1.82) is 0 Å². The van der Waals surface area contributed by atoms with Crippen LogP contribution in [0.25, 0.3) is 21.6 Å². The molecule has 1 fully saturated rings. The first kappa shape index (κ1) is 18.3. The van der Waals surface area contributed by atoms with E-state index in [1.807, 2.05) is 60.4 Å². The Balaban J connectivity index is 1.46. The quantitative estimate of drug-likeness (QED) is 0.465. The first-order valence-electron chi connectivity index (χ1n) is 9.59. The molecule has 3 heterocycles. The van der Waals surface area contributed by atoms with Gasteiger partial charge in [0.05, 0.1) is 22.8 Å². The van der Waals surface area contributed by atoms with Crippen LogP contribution in [0.4, 0.5) is 0 Å². The van der Waals surface area contributed by atoms with Gasteiger partial charge in [-0.3, -0.25) is 4.79 Å². The van der Waals surface area contributed by atoms with Gasteiger partial charge in [0.1, 0.15) is 15.7 Å². The number of halogens is 1. The lowest BCUT2D eigenvalue weighted by Crippen LogP contribution is -2.31. The molecule has 0 spiro atoms. The maximum Gasteiger partial charge on any atom is 0.266 e. The highest BCUT2D eigenvalue weighted by Gasteiger charge is 2.34. The van der Waals surface area contributed by atoms with Gasteiger partial charge in [0.2, 0.25) is 0 Å². The van der Waals surface area contributed by atoms with Crippen LogP contribution in [-0.4, -0.2) is 32.3 Å². The molecule has 1 saturated heterocycles. The molecule has 29 heavy (non-hydrogen) atoms. The summed E-state index contributed by atoms with van der Waals surface area (Å²) in [5.41, 5.74) is 3.61. The third-order valence-corrected chi connectivity index (χ3v) is 6.73. The second kappa shape index (κ2) is 7.28. The third-order valence-electron chi connectivity index (χ3n) is 5.30. The number of rotatable bonds is 3. The van der Waals surface area contributed by atoms with Crippen LogP contribution >= 0.6 is 22.9 Å². The van der Waals surface area contributed by atoms with Crippen molar-refractivity contribution in [1.82, 2.24) is 19.9 Å². The molecule has 7 heteroatoms. The maximum atomic E-state index is 13.4. The molecule has 0 saturated carbocycles. The van der Waals surface area contributed by atoms with Gasteiger partial charge < -0.3 is 9.88 Å². The van der Waals surface area contributed by atoms with E-state index >= 15 is 0 Å². The van der Waals surface area contributed by atoms with Crippen molar-refractivity contribution >= 4 is 39.9 Å². The van der Waals surface area contributed by atoms with E-state index in [1.165, 1.54) is 11.3 Å². The minimum absolute atomic E-state index is 0.0243. The maximum absolute atomic E-state index is 13.4. The van der Waals surface area contributed by atoms with Gasteiger partial charge in [-0.15, -0.1) is 11.3 Å².